The number of hydrogen-bond donors (Lipinski definition) is 1. The van der Waals surface area contributed by atoms with Crippen molar-refractivity contribution in [1.82, 2.24) is 0 Å². The van der Waals surface area contributed by atoms with Gasteiger partial charge in [0.15, 0.2) is 11.5 Å². The number of fused-ring (bicyclic) bond motifs is 1. The maximum atomic E-state index is 9.54. The molecule has 0 aliphatic heterocycles. The standard InChI is InChI=1S/C11H14O2/c1-13-11-9-5-3-2-4-8(9)6-7-10(11)12/h6-7,12H,2-5H2,1H3. The molecule has 0 spiro atoms. The third-order valence-electron chi connectivity index (χ3n) is 2.66. The van der Waals surface area contributed by atoms with Gasteiger partial charge >= 0.3 is 0 Å². The molecule has 0 bridgehead atoms. The molecule has 2 rings (SSSR count). The van der Waals surface area contributed by atoms with Crippen molar-refractivity contribution in [2.45, 2.75) is 25.7 Å². The second-order valence-corrected chi connectivity index (χ2v) is 3.46. The molecule has 1 aromatic carbocycles. The van der Waals surface area contributed by atoms with E-state index in [1.54, 1.807) is 13.2 Å². The molecule has 1 aromatic rings. The van der Waals surface area contributed by atoms with E-state index in [1.165, 1.54) is 24.0 Å². The lowest BCUT2D eigenvalue weighted by Crippen LogP contribution is -2.04. The van der Waals surface area contributed by atoms with Gasteiger partial charge in [-0.25, -0.2) is 0 Å². The molecule has 1 aliphatic carbocycles. The number of phenols is 1. The maximum absolute atomic E-state index is 9.54. The van der Waals surface area contributed by atoms with E-state index in [0.717, 1.165) is 12.8 Å². The normalized spacial score (nSPS) is 15.2. The van der Waals surface area contributed by atoms with Crippen LogP contribution in [0.5, 0.6) is 11.5 Å². The van der Waals surface area contributed by atoms with Crippen LogP contribution in [0.15, 0.2) is 12.1 Å². The van der Waals surface area contributed by atoms with E-state index in [4.69, 9.17) is 4.74 Å². The Hall–Kier alpha value is -1.18. The van der Waals surface area contributed by atoms with E-state index in [1.807, 2.05) is 6.07 Å². The van der Waals surface area contributed by atoms with Crippen LogP contribution >= 0.6 is 0 Å². The van der Waals surface area contributed by atoms with Crippen molar-refractivity contribution in [2.24, 2.45) is 0 Å². The van der Waals surface area contributed by atoms with E-state index >= 15 is 0 Å². The fraction of sp³-hybridized carbons (Fsp3) is 0.455. The zero-order valence-electron chi connectivity index (χ0n) is 7.84. The third-order valence-corrected chi connectivity index (χ3v) is 2.66. The predicted molar refractivity (Wildman–Crippen MR) is 51.3 cm³/mol. The summed E-state index contributed by atoms with van der Waals surface area (Å²) in [7, 11) is 1.62. The Kier molecular flexibility index (Phi) is 2.13. The average Bonchev–Trinajstić information content (AvgIpc) is 2.18. The molecule has 0 saturated heterocycles. The van der Waals surface area contributed by atoms with Gasteiger partial charge < -0.3 is 9.84 Å². The largest absolute Gasteiger partial charge is 0.504 e. The molecule has 1 aliphatic rings. The first kappa shape index (κ1) is 8.42. The lowest BCUT2D eigenvalue weighted by atomic mass is 9.91. The van der Waals surface area contributed by atoms with E-state index < -0.39 is 0 Å². The Morgan fingerprint density at radius 1 is 1.23 bits per heavy atom. The molecule has 0 aromatic heterocycles. The number of methoxy groups -OCH3 is 1. The Labute approximate surface area is 78.2 Å². The quantitative estimate of drug-likeness (QED) is 0.714. The number of aryl methyl sites for hydroxylation is 1. The molecule has 0 radical (unpaired) electrons. The fourth-order valence-corrected chi connectivity index (χ4v) is 2.01. The van der Waals surface area contributed by atoms with Crippen LogP contribution in [0.2, 0.25) is 0 Å². The van der Waals surface area contributed by atoms with Crippen LogP contribution in [-0.2, 0) is 12.8 Å². The fourth-order valence-electron chi connectivity index (χ4n) is 2.01. The summed E-state index contributed by atoms with van der Waals surface area (Å²) in [4.78, 5) is 0. The first-order chi connectivity index (χ1) is 6.33. The zero-order valence-corrected chi connectivity index (χ0v) is 7.84. The summed E-state index contributed by atoms with van der Waals surface area (Å²) in [5.41, 5.74) is 2.54. The molecular weight excluding hydrogens is 164 g/mol. The topological polar surface area (TPSA) is 29.5 Å². The van der Waals surface area contributed by atoms with E-state index in [-0.39, 0.29) is 5.75 Å². The highest BCUT2D eigenvalue weighted by Crippen LogP contribution is 2.36. The summed E-state index contributed by atoms with van der Waals surface area (Å²) >= 11 is 0. The smallest absolute Gasteiger partial charge is 0.163 e. The molecule has 0 heterocycles. The summed E-state index contributed by atoms with van der Waals surface area (Å²) in [6, 6.07) is 3.73. The second-order valence-electron chi connectivity index (χ2n) is 3.46. The van der Waals surface area contributed by atoms with Gasteiger partial charge in [0.25, 0.3) is 0 Å². The van der Waals surface area contributed by atoms with Crippen LogP contribution in [0.1, 0.15) is 24.0 Å². The number of aromatic hydroxyl groups is 1. The number of ether oxygens (including phenoxy) is 1. The van der Waals surface area contributed by atoms with Crippen LogP contribution < -0.4 is 4.74 Å². The minimum absolute atomic E-state index is 0.267. The molecule has 1 N–H and O–H groups in total. The minimum atomic E-state index is 0.267. The molecule has 13 heavy (non-hydrogen) atoms. The Bertz CT molecular complexity index is 318. The summed E-state index contributed by atoms with van der Waals surface area (Å²) in [6.07, 6.45) is 4.60. The minimum Gasteiger partial charge on any atom is -0.504 e. The highest BCUT2D eigenvalue weighted by molar-refractivity contribution is 5.50. The van der Waals surface area contributed by atoms with Gasteiger partial charge in [-0.3, -0.25) is 0 Å². The second kappa shape index (κ2) is 3.29. The van der Waals surface area contributed by atoms with Gasteiger partial charge in [0.1, 0.15) is 0 Å². The van der Waals surface area contributed by atoms with Crippen LogP contribution in [0, 0.1) is 0 Å². The summed E-state index contributed by atoms with van der Waals surface area (Å²) in [5.74, 6) is 0.945. The van der Waals surface area contributed by atoms with Crippen molar-refractivity contribution in [2.75, 3.05) is 7.11 Å². The highest BCUT2D eigenvalue weighted by atomic mass is 16.5. The van der Waals surface area contributed by atoms with Crippen molar-refractivity contribution in [3.05, 3.63) is 23.3 Å². The summed E-state index contributed by atoms with van der Waals surface area (Å²) < 4.78 is 5.19. The molecule has 0 amide bonds. The Balaban J connectivity index is 2.52. The van der Waals surface area contributed by atoms with Crippen molar-refractivity contribution < 1.29 is 9.84 Å². The van der Waals surface area contributed by atoms with Crippen LogP contribution in [-0.4, -0.2) is 12.2 Å². The Morgan fingerprint density at radius 2 is 2.00 bits per heavy atom. The number of rotatable bonds is 1. The van der Waals surface area contributed by atoms with Crippen molar-refractivity contribution in [3.63, 3.8) is 0 Å². The van der Waals surface area contributed by atoms with Gasteiger partial charge in [-0.1, -0.05) is 6.07 Å². The molecule has 2 heteroatoms. The number of benzene rings is 1. The molecule has 0 saturated carbocycles. The lowest BCUT2D eigenvalue weighted by molar-refractivity contribution is 0.366. The van der Waals surface area contributed by atoms with Crippen LogP contribution in [0.25, 0.3) is 0 Å². The van der Waals surface area contributed by atoms with Gasteiger partial charge in [0.05, 0.1) is 7.11 Å². The number of hydrogen-bond acceptors (Lipinski definition) is 2. The monoisotopic (exact) mass is 178 g/mol. The highest BCUT2D eigenvalue weighted by Gasteiger charge is 2.16. The Morgan fingerprint density at radius 3 is 2.77 bits per heavy atom. The molecule has 0 atom stereocenters. The van der Waals surface area contributed by atoms with E-state index in [0.29, 0.717) is 5.75 Å². The van der Waals surface area contributed by atoms with Gasteiger partial charge in [-0.2, -0.15) is 0 Å². The van der Waals surface area contributed by atoms with Gasteiger partial charge in [0.2, 0.25) is 0 Å². The first-order valence-electron chi connectivity index (χ1n) is 4.70. The van der Waals surface area contributed by atoms with E-state index in [2.05, 4.69) is 0 Å². The summed E-state index contributed by atoms with van der Waals surface area (Å²) in [6.45, 7) is 0. The van der Waals surface area contributed by atoms with Crippen molar-refractivity contribution >= 4 is 0 Å². The van der Waals surface area contributed by atoms with Crippen LogP contribution in [0.3, 0.4) is 0 Å². The molecule has 2 nitrogen and oxygen atoms in total. The molecule has 0 fully saturated rings. The van der Waals surface area contributed by atoms with Gasteiger partial charge in [-0.05, 0) is 37.3 Å². The zero-order chi connectivity index (χ0) is 9.26. The van der Waals surface area contributed by atoms with Gasteiger partial charge in [0, 0.05) is 5.56 Å². The average molecular weight is 178 g/mol. The predicted octanol–water partition coefficient (Wildman–Crippen LogP) is 2.28. The van der Waals surface area contributed by atoms with Gasteiger partial charge in [-0.15, -0.1) is 0 Å². The lowest BCUT2D eigenvalue weighted by Gasteiger charge is -2.19. The molecule has 70 valence electrons. The van der Waals surface area contributed by atoms with Crippen molar-refractivity contribution in [3.8, 4) is 11.5 Å². The van der Waals surface area contributed by atoms with Crippen molar-refractivity contribution in [1.29, 1.82) is 0 Å². The molecule has 0 unspecified atom stereocenters. The summed E-state index contributed by atoms with van der Waals surface area (Å²) in [5, 5.41) is 9.54. The SMILES string of the molecule is COc1c(O)ccc2c1CCCC2. The van der Waals surface area contributed by atoms with Crippen LogP contribution in [0.4, 0.5) is 0 Å². The molecular formula is C11H14O2. The maximum Gasteiger partial charge on any atom is 0.163 e. The number of phenolic OH excluding ortho intramolecular Hbond substituents is 1. The third kappa shape index (κ3) is 1.37. The first-order valence-corrected chi connectivity index (χ1v) is 4.70. The van der Waals surface area contributed by atoms with E-state index in [9.17, 15) is 5.11 Å².